The smallest absolute Gasteiger partial charge is 0.257 e. The maximum atomic E-state index is 12.4. The molecule has 0 aliphatic carbocycles. The van der Waals surface area contributed by atoms with Crippen molar-refractivity contribution in [1.82, 2.24) is 9.78 Å². The van der Waals surface area contributed by atoms with Crippen LogP contribution in [0.1, 0.15) is 21.5 Å². The predicted molar refractivity (Wildman–Crippen MR) is 86.9 cm³/mol. The standard InChI is InChI=1S/C18H17N3O/c1-14-7-5-6-10-16(14)18(22)20-17-11-12-19-21(17)13-15-8-3-2-4-9-15/h2-12H,13H2,1H3,(H,20,22). The number of carbonyl (C=O) groups excluding carboxylic acids is 1. The molecule has 0 fully saturated rings. The molecule has 2 aromatic carbocycles. The minimum absolute atomic E-state index is 0.118. The number of hydrogen-bond donors (Lipinski definition) is 1. The zero-order chi connectivity index (χ0) is 15.4. The molecular formula is C18H17N3O. The van der Waals surface area contributed by atoms with Gasteiger partial charge in [0.25, 0.3) is 5.91 Å². The lowest BCUT2D eigenvalue weighted by atomic mass is 10.1. The summed E-state index contributed by atoms with van der Waals surface area (Å²) in [5.74, 6) is 0.574. The van der Waals surface area contributed by atoms with Crippen LogP contribution in [0, 0.1) is 6.92 Å². The van der Waals surface area contributed by atoms with Crippen LogP contribution in [0.4, 0.5) is 5.82 Å². The van der Waals surface area contributed by atoms with Crippen LogP contribution in [0.5, 0.6) is 0 Å². The van der Waals surface area contributed by atoms with Gasteiger partial charge in [-0.1, -0.05) is 48.5 Å². The van der Waals surface area contributed by atoms with Gasteiger partial charge in [0.15, 0.2) is 0 Å². The molecule has 0 aliphatic rings. The van der Waals surface area contributed by atoms with Gasteiger partial charge in [-0.2, -0.15) is 5.10 Å². The Morgan fingerprint density at radius 3 is 2.55 bits per heavy atom. The summed E-state index contributed by atoms with van der Waals surface area (Å²) >= 11 is 0. The first-order chi connectivity index (χ1) is 10.7. The number of anilines is 1. The summed E-state index contributed by atoms with van der Waals surface area (Å²) in [6.45, 7) is 2.55. The summed E-state index contributed by atoms with van der Waals surface area (Å²) in [7, 11) is 0. The number of nitrogens with one attached hydrogen (secondary N) is 1. The summed E-state index contributed by atoms with van der Waals surface area (Å²) in [5.41, 5.74) is 2.77. The van der Waals surface area contributed by atoms with Crippen LogP contribution in [-0.2, 0) is 6.54 Å². The fourth-order valence-corrected chi connectivity index (χ4v) is 2.33. The summed E-state index contributed by atoms with van der Waals surface area (Å²) in [5, 5.41) is 7.21. The number of amides is 1. The molecule has 0 atom stereocenters. The Hall–Kier alpha value is -2.88. The number of aryl methyl sites for hydroxylation is 1. The van der Waals surface area contributed by atoms with Crippen LogP contribution in [0.3, 0.4) is 0 Å². The van der Waals surface area contributed by atoms with Crippen molar-refractivity contribution in [3.63, 3.8) is 0 Å². The summed E-state index contributed by atoms with van der Waals surface area (Å²) < 4.78 is 1.78. The number of benzene rings is 2. The molecule has 4 heteroatoms. The van der Waals surface area contributed by atoms with Gasteiger partial charge in [0.2, 0.25) is 0 Å². The van der Waals surface area contributed by atoms with E-state index in [-0.39, 0.29) is 5.91 Å². The van der Waals surface area contributed by atoms with Crippen LogP contribution >= 0.6 is 0 Å². The molecule has 1 heterocycles. The third kappa shape index (κ3) is 3.06. The lowest BCUT2D eigenvalue weighted by Crippen LogP contribution is -2.17. The van der Waals surface area contributed by atoms with Crippen LogP contribution in [0.25, 0.3) is 0 Å². The quantitative estimate of drug-likeness (QED) is 0.800. The molecule has 0 bridgehead atoms. The second kappa shape index (κ2) is 6.26. The van der Waals surface area contributed by atoms with Gasteiger partial charge in [-0.25, -0.2) is 4.68 Å². The highest BCUT2D eigenvalue weighted by molar-refractivity contribution is 6.04. The molecule has 0 aliphatic heterocycles. The Morgan fingerprint density at radius 2 is 1.77 bits per heavy atom. The maximum Gasteiger partial charge on any atom is 0.257 e. The molecule has 3 aromatic rings. The highest BCUT2D eigenvalue weighted by atomic mass is 16.1. The van der Waals surface area contributed by atoms with Crippen LogP contribution < -0.4 is 5.32 Å². The molecular weight excluding hydrogens is 274 g/mol. The van der Waals surface area contributed by atoms with E-state index in [2.05, 4.69) is 10.4 Å². The molecule has 0 radical (unpaired) electrons. The lowest BCUT2D eigenvalue weighted by Gasteiger charge is -2.10. The number of aromatic nitrogens is 2. The first kappa shape index (κ1) is 14.1. The molecule has 0 spiro atoms. The van der Waals surface area contributed by atoms with Crippen LogP contribution in [0.15, 0.2) is 66.9 Å². The van der Waals surface area contributed by atoms with Crippen molar-refractivity contribution >= 4 is 11.7 Å². The van der Waals surface area contributed by atoms with Crippen LogP contribution in [0.2, 0.25) is 0 Å². The number of carbonyl (C=O) groups is 1. The third-order valence-electron chi connectivity index (χ3n) is 3.52. The molecule has 0 unspecified atom stereocenters. The van der Waals surface area contributed by atoms with E-state index in [0.717, 1.165) is 11.1 Å². The van der Waals surface area contributed by atoms with E-state index in [4.69, 9.17) is 0 Å². The van der Waals surface area contributed by atoms with Gasteiger partial charge >= 0.3 is 0 Å². The van der Waals surface area contributed by atoms with Gasteiger partial charge in [0, 0.05) is 11.6 Å². The first-order valence-corrected chi connectivity index (χ1v) is 7.17. The topological polar surface area (TPSA) is 46.9 Å². The minimum Gasteiger partial charge on any atom is -0.307 e. The van der Waals surface area contributed by atoms with E-state index in [1.165, 1.54) is 0 Å². The van der Waals surface area contributed by atoms with Gasteiger partial charge in [-0.3, -0.25) is 4.79 Å². The highest BCUT2D eigenvalue weighted by Crippen LogP contribution is 2.13. The van der Waals surface area contributed by atoms with E-state index in [1.54, 1.807) is 16.9 Å². The van der Waals surface area contributed by atoms with Crippen molar-refractivity contribution in [3.8, 4) is 0 Å². The van der Waals surface area contributed by atoms with Gasteiger partial charge in [-0.05, 0) is 24.1 Å². The average Bonchev–Trinajstić information content (AvgIpc) is 2.95. The molecule has 0 saturated carbocycles. The molecule has 3 rings (SSSR count). The zero-order valence-corrected chi connectivity index (χ0v) is 12.4. The van der Waals surface area contributed by atoms with E-state index >= 15 is 0 Å². The monoisotopic (exact) mass is 291 g/mol. The van der Waals surface area contributed by atoms with Crippen molar-refractivity contribution in [3.05, 3.63) is 83.6 Å². The van der Waals surface area contributed by atoms with E-state index in [0.29, 0.717) is 17.9 Å². The number of nitrogens with zero attached hydrogens (tertiary/aromatic N) is 2. The largest absolute Gasteiger partial charge is 0.307 e. The van der Waals surface area contributed by atoms with Crippen molar-refractivity contribution in [1.29, 1.82) is 0 Å². The SMILES string of the molecule is Cc1ccccc1C(=O)Nc1ccnn1Cc1ccccc1. The summed E-state index contributed by atoms with van der Waals surface area (Å²) in [6.07, 6.45) is 1.69. The molecule has 1 amide bonds. The Morgan fingerprint density at radius 1 is 1.05 bits per heavy atom. The number of rotatable bonds is 4. The predicted octanol–water partition coefficient (Wildman–Crippen LogP) is 3.49. The molecule has 1 N–H and O–H groups in total. The Labute approximate surface area is 129 Å². The molecule has 110 valence electrons. The highest BCUT2D eigenvalue weighted by Gasteiger charge is 2.11. The molecule has 0 saturated heterocycles. The van der Waals surface area contributed by atoms with Gasteiger partial charge < -0.3 is 5.32 Å². The van der Waals surface area contributed by atoms with Crippen molar-refractivity contribution in [2.75, 3.05) is 5.32 Å². The van der Waals surface area contributed by atoms with Crippen molar-refractivity contribution in [2.24, 2.45) is 0 Å². The third-order valence-corrected chi connectivity index (χ3v) is 3.52. The van der Waals surface area contributed by atoms with E-state index < -0.39 is 0 Å². The van der Waals surface area contributed by atoms with E-state index in [9.17, 15) is 4.79 Å². The Bertz CT molecular complexity index is 778. The second-order valence-electron chi connectivity index (χ2n) is 5.13. The van der Waals surface area contributed by atoms with Gasteiger partial charge in [0.1, 0.15) is 5.82 Å². The molecule has 22 heavy (non-hydrogen) atoms. The maximum absolute atomic E-state index is 12.4. The number of hydrogen-bond acceptors (Lipinski definition) is 2. The van der Waals surface area contributed by atoms with Crippen LogP contribution in [-0.4, -0.2) is 15.7 Å². The lowest BCUT2D eigenvalue weighted by molar-refractivity contribution is 0.102. The Kier molecular flexibility index (Phi) is 4.01. The second-order valence-corrected chi connectivity index (χ2v) is 5.13. The summed E-state index contributed by atoms with van der Waals surface area (Å²) in [4.78, 5) is 12.4. The average molecular weight is 291 g/mol. The minimum atomic E-state index is -0.118. The zero-order valence-electron chi connectivity index (χ0n) is 12.4. The van der Waals surface area contributed by atoms with Crippen molar-refractivity contribution < 1.29 is 4.79 Å². The molecule has 4 nitrogen and oxygen atoms in total. The van der Waals surface area contributed by atoms with Crippen molar-refractivity contribution in [2.45, 2.75) is 13.5 Å². The van der Waals surface area contributed by atoms with Gasteiger partial charge in [-0.15, -0.1) is 0 Å². The fourth-order valence-electron chi connectivity index (χ4n) is 2.33. The van der Waals surface area contributed by atoms with E-state index in [1.807, 2.05) is 61.5 Å². The fraction of sp³-hybridized carbons (Fsp3) is 0.111. The first-order valence-electron chi connectivity index (χ1n) is 7.17. The normalized spacial score (nSPS) is 10.4. The van der Waals surface area contributed by atoms with Gasteiger partial charge in [0.05, 0.1) is 12.7 Å². The Balaban J connectivity index is 1.78. The molecule has 1 aromatic heterocycles. The summed E-state index contributed by atoms with van der Waals surface area (Å²) in [6, 6.07) is 19.4.